The molecular weight excluding hydrogens is 334 g/mol. The lowest BCUT2D eigenvalue weighted by molar-refractivity contribution is -0.114. The first-order valence-corrected chi connectivity index (χ1v) is 9.05. The Balaban J connectivity index is 2.11. The molecule has 0 aliphatic heterocycles. The van der Waals surface area contributed by atoms with Crippen molar-refractivity contribution in [3.63, 3.8) is 0 Å². The molecule has 1 aromatic carbocycles. The summed E-state index contributed by atoms with van der Waals surface area (Å²) in [6, 6.07) is 8.08. The summed E-state index contributed by atoms with van der Waals surface area (Å²) in [5.41, 5.74) is 3.56. The van der Waals surface area contributed by atoms with Crippen molar-refractivity contribution in [2.75, 3.05) is 5.32 Å². The van der Waals surface area contributed by atoms with Gasteiger partial charge in [-0.15, -0.1) is 11.3 Å². The van der Waals surface area contributed by atoms with Gasteiger partial charge in [-0.05, 0) is 36.0 Å². The first-order valence-electron chi connectivity index (χ1n) is 8.23. The van der Waals surface area contributed by atoms with Gasteiger partial charge in [0.25, 0.3) is 0 Å². The second-order valence-electron chi connectivity index (χ2n) is 7.19. The summed E-state index contributed by atoms with van der Waals surface area (Å²) in [6.07, 6.45) is 0. The first kappa shape index (κ1) is 19.2. The number of aryl methyl sites for hydroxylation is 1. The first-order chi connectivity index (χ1) is 11.6. The zero-order valence-electron chi connectivity index (χ0n) is 15.6. The van der Waals surface area contributed by atoms with Gasteiger partial charge in [-0.25, -0.2) is 4.79 Å². The van der Waals surface area contributed by atoms with Gasteiger partial charge in [-0.2, -0.15) is 0 Å². The van der Waals surface area contributed by atoms with Gasteiger partial charge in [0.1, 0.15) is 11.6 Å². The minimum absolute atomic E-state index is 0.0911. The van der Waals surface area contributed by atoms with Crippen LogP contribution in [0.1, 0.15) is 59.6 Å². The molecule has 0 saturated carbocycles. The van der Waals surface area contributed by atoms with E-state index >= 15 is 0 Å². The third kappa shape index (κ3) is 4.69. The van der Waals surface area contributed by atoms with Crippen molar-refractivity contribution in [3.8, 4) is 0 Å². The average Bonchev–Trinajstić information content (AvgIpc) is 2.78. The highest BCUT2D eigenvalue weighted by molar-refractivity contribution is 7.16. The number of thiophene rings is 1. The summed E-state index contributed by atoms with van der Waals surface area (Å²) >= 11 is 1.39. The lowest BCUT2D eigenvalue weighted by Crippen LogP contribution is -2.12. The highest BCUT2D eigenvalue weighted by atomic mass is 32.1. The number of hydrogen-bond acceptors (Lipinski definition) is 4. The molecule has 1 aromatic heterocycles. The number of esters is 1. The molecule has 0 aliphatic rings. The van der Waals surface area contributed by atoms with Gasteiger partial charge in [0.2, 0.25) is 5.91 Å². The van der Waals surface area contributed by atoms with E-state index in [4.69, 9.17) is 4.74 Å². The standard InChI is InChI=1S/C20H25NO3S/c1-12-13(2)25-18(21-14(3)22)17(12)19(23)24-11-15-7-9-16(10-8-15)20(4,5)6/h7-10H,11H2,1-6H3,(H,21,22). The maximum absolute atomic E-state index is 12.5. The van der Waals surface area contributed by atoms with Crippen LogP contribution in [0.4, 0.5) is 5.00 Å². The highest BCUT2D eigenvalue weighted by Crippen LogP contribution is 2.33. The van der Waals surface area contributed by atoms with Crippen LogP contribution in [0.15, 0.2) is 24.3 Å². The molecule has 0 saturated heterocycles. The fourth-order valence-corrected chi connectivity index (χ4v) is 3.54. The van der Waals surface area contributed by atoms with E-state index in [1.54, 1.807) is 0 Å². The van der Waals surface area contributed by atoms with Crippen molar-refractivity contribution in [1.82, 2.24) is 0 Å². The number of carbonyl (C=O) groups is 2. The van der Waals surface area contributed by atoms with Crippen LogP contribution in [0.25, 0.3) is 0 Å². The summed E-state index contributed by atoms with van der Waals surface area (Å²) in [7, 11) is 0. The van der Waals surface area contributed by atoms with Crippen LogP contribution >= 0.6 is 11.3 Å². The molecule has 2 aromatic rings. The molecule has 5 heteroatoms. The van der Waals surface area contributed by atoms with Crippen LogP contribution in [0.5, 0.6) is 0 Å². The molecule has 0 fully saturated rings. The van der Waals surface area contributed by atoms with E-state index < -0.39 is 5.97 Å². The number of benzene rings is 1. The summed E-state index contributed by atoms with van der Waals surface area (Å²) in [5, 5.41) is 3.27. The second-order valence-corrected chi connectivity index (χ2v) is 8.42. The van der Waals surface area contributed by atoms with Crippen LogP contribution in [-0.4, -0.2) is 11.9 Å². The summed E-state index contributed by atoms with van der Waals surface area (Å²) < 4.78 is 5.47. The molecule has 25 heavy (non-hydrogen) atoms. The van der Waals surface area contributed by atoms with Crippen molar-refractivity contribution < 1.29 is 14.3 Å². The Kier molecular flexibility index (Phi) is 5.68. The van der Waals surface area contributed by atoms with Gasteiger partial charge in [-0.3, -0.25) is 4.79 Å². The lowest BCUT2D eigenvalue weighted by atomic mass is 9.87. The van der Waals surface area contributed by atoms with Gasteiger partial charge in [-0.1, -0.05) is 45.0 Å². The molecule has 4 nitrogen and oxygen atoms in total. The van der Waals surface area contributed by atoms with Gasteiger partial charge < -0.3 is 10.1 Å². The Bertz CT molecular complexity index is 783. The topological polar surface area (TPSA) is 55.4 Å². The molecule has 1 N–H and O–H groups in total. The fraction of sp³-hybridized carbons (Fsp3) is 0.400. The summed E-state index contributed by atoms with van der Waals surface area (Å²) in [4.78, 5) is 24.8. The van der Waals surface area contributed by atoms with Crippen LogP contribution in [-0.2, 0) is 21.6 Å². The molecule has 1 heterocycles. The Labute approximate surface area is 153 Å². The molecule has 0 bridgehead atoms. The number of amides is 1. The molecule has 0 spiro atoms. The highest BCUT2D eigenvalue weighted by Gasteiger charge is 2.21. The third-order valence-electron chi connectivity index (χ3n) is 4.07. The van der Waals surface area contributed by atoms with Crippen LogP contribution in [0, 0.1) is 13.8 Å². The van der Waals surface area contributed by atoms with E-state index in [1.807, 2.05) is 26.0 Å². The van der Waals surface area contributed by atoms with Crippen molar-refractivity contribution in [2.24, 2.45) is 0 Å². The van der Waals surface area contributed by atoms with Crippen molar-refractivity contribution >= 4 is 28.2 Å². The quantitative estimate of drug-likeness (QED) is 0.784. The molecule has 0 unspecified atom stereocenters. The van der Waals surface area contributed by atoms with Gasteiger partial charge in [0.05, 0.1) is 5.56 Å². The third-order valence-corrected chi connectivity index (χ3v) is 5.19. The van der Waals surface area contributed by atoms with Crippen LogP contribution in [0.2, 0.25) is 0 Å². The smallest absolute Gasteiger partial charge is 0.341 e. The average molecular weight is 359 g/mol. The molecule has 134 valence electrons. The van der Waals surface area contributed by atoms with Crippen LogP contribution in [0.3, 0.4) is 0 Å². The normalized spacial score (nSPS) is 11.3. The molecule has 0 atom stereocenters. The summed E-state index contributed by atoms with van der Waals surface area (Å²) in [6.45, 7) is 11.9. The largest absolute Gasteiger partial charge is 0.457 e. The predicted octanol–water partition coefficient (Wildman–Crippen LogP) is 4.98. The van der Waals surface area contributed by atoms with E-state index in [2.05, 4.69) is 38.2 Å². The predicted molar refractivity (Wildman–Crippen MR) is 102 cm³/mol. The molecule has 2 rings (SSSR count). The van der Waals surface area contributed by atoms with Crippen molar-refractivity contribution in [3.05, 3.63) is 51.4 Å². The Hall–Kier alpha value is -2.14. The number of ether oxygens (including phenoxy) is 1. The molecule has 1 amide bonds. The van der Waals surface area contributed by atoms with Crippen LogP contribution < -0.4 is 5.32 Å². The van der Waals surface area contributed by atoms with Gasteiger partial charge in [0.15, 0.2) is 0 Å². The zero-order chi connectivity index (χ0) is 18.8. The maximum atomic E-state index is 12.5. The Morgan fingerprint density at radius 3 is 2.24 bits per heavy atom. The zero-order valence-corrected chi connectivity index (χ0v) is 16.5. The maximum Gasteiger partial charge on any atom is 0.341 e. The van der Waals surface area contributed by atoms with Gasteiger partial charge >= 0.3 is 5.97 Å². The summed E-state index contributed by atoms with van der Waals surface area (Å²) in [5.74, 6) is -0.612. The van der Waals surface area contributed by atoms with E-state index in [9.17, 15) is 9.59 Å². The van der Waals surface area contributed by atoms with E-state index in [-0.39, 0.29) is 17.9 Å². The number of anilines is 1. The molecular formula is C20H25NO3S. The van der Waals surface area contributed by atoms with Gasteiger partial charge in [0, 0.05) is 11.8 Å². The monoisotopic (exact) mass is 359 g/mol. The van der Waals surface area contributed by atoms with E-state index in [0.29, 0.717) is 10.6 Å². The number of rotatable bonds is 4. The minimum Gasteiger partial charge on any atom is -0.457 e. The second kappa shape index (κ2) is 7.40. The minimum atomic E-state index is -0.412. The number of nitrogens with one attached hydrogen (secondary N) is 1. The lowest BCUT2D eigenvalue weighted by Gasteiger charge is -2.19. The SMILES string of the molecule is CC(=O)Nc1sc(C)c(C)c1C(=O)OCc1ccc(C(C)(C)C)cc1. The fourth-order valence-electron chi connectivity index (χ4n) is 2.44. The molecule has 0 aliphatic carbocycles. The van der Waals surface area contributed by atoms with Crippen molar-refractivity contribution in [1.29, 1.82) is 0 Å². The van der Waals surface area contributed by atoms with Crippen molar-refractivity contribution in [2.45, 2.75) is 53.6 Å². The Morgan fingerprint density at radius 2 is 1.72 bits per heavy atom. The number of carbonyl (C=O) groups excluding carboxylic acids is 2. The van der Waals surface area contributed by atoms with E-state index in [0.717, 1.165) is 16.0 Å². The van der Waals surface area contributed by atoms with E-state index in [1.165, 1.54) is 23.8 Å². The molecule has 0 radical (unpaired) electrons. The Morgan fingerprint density at radius 1 is 1.12 bits per heavy atom. The number of hydrogen-bond donors (Lipinski definition) is 1.